The molecule has 0 saturated carbocycles. The molecule has 1 aromatic rings. The Balaban J connectivity index is 1.79. The number of rotatable bonds is 4. The zero-order valence-corrected chi connectivity index (χ0v) is 11.8. The molecule has 0 bridgehead atoms. The van der Waals surface area contributed by atoms with E-state index in [1.54, 1.807) is 0 Å². The molecule has 1 N–H and O–H groups in total. The predicted molar refractivity (Wildman–Crippen MR) is 78.0 cm³/mol. The Bertz CT molecular complexity index is 356. The van der Waals surface area contributed by atoms with Crippen LogP contribution in [-0.4, -0.2) is 24.1 Å². The van der Waals surface area contributed by atoms with Crippen LogP contribution in [-0.2, 0) is 6.42 Å². The summed E-state index contributed by atoms with van der Waals surface area (Å²) in [6.45, 7) is 6.83. The van der Waals surface area contributed by atoms with Gasteiger partial charge in [-0.25, -0.2) is 0 Å². The maximum absolute atomic E-state index is 3.43. The molecule has 0 amide bonds. The lowest BCUT2D eigenvalue weighted by Gasteiger charge is -2.22. The van der Waals surface area contributed by atoms with Crippen molar-refractivity contribution >= 4 is 11.8 Å². The molecule has 0 aromatic heterocycles. The zero-order valence-electron chi connectivity index (χ0n) is 11.0. The highest BCUT2D eigenvalue weighted by Crippen LogP contribution is 2.22. The van der Waals surface area contributed by atoms with Gasteiger partial charge in [-0.05, 0) is 63.1 Å². The van der Waals surface area contributed by atoms with Gasteiger partial charge in [0.2, 0.25) is 0 Å². The van der Waals surface area contributed by atoms with E-state index in [-0.39, 0.29) is 0 Å². The van der Waals surface area contributed by atoms with Crippen molar-refractivity contribution in [3.05, 3.63) is 34.9 Å². The van der Waals surface area contributed by atoms with Crippen LogP contribution in [0.15, 0.2) is 18.2 Å². The summed E-state index contributed by atoms with van der Waals surface area (Å²) in [7, 11) is 0. The minimum absolute atomic E-state index is 0.890. The van der Waals surface area contributed by atoms with Crippen molar-refractivity contribution in [1.29, 1.82) is 0 Å². The van der Waals surface area contributed by atoms with Crippen molar-refractivity contribution < 1.29 is 0 Å². The number of piperidine rings is 1. The highest BCUT2D eigenvalue weighted by atomic mass is 32.2. The van der Waals surface area contributed by atoms with Crippen LogP contribution in [0.1, 0.15) is 29.5 Å². The molecule has 0 unspecified atom stereocenters. The molecule has 1 aromatic carbocycles. The van der Waals surface area contributed by atoms with Crippen LogP contribution in [0.3, 0.4) is 0 Å². The summed E-state index contributed by atoms with van der Waals surface area (Å²) in [5.74, 6) is 1.27. The SMILES string of the molecule is Cc1ccc(C)c(CCSC2CCNCC2)c1. The summed E-state index contributed by atoms with van der Waals surface area (Å²) >= 11 is 2.17. The molecule has 17 heavy (non-hydrogen) atoms. The standard InChI is InChI=1S/C15H23NS/c1-12-3-4-13(2)14(11-12)7-10-17-15-5-8-16-9-6-15/h3-4,11,15-16H,5-10H2,1-2H3. The summed E-state index contributed by atoms with van der Waals surface area (Å²) in [5.41, 5.74) is 4.37. The average molecular weight is 249 g/mol. The summed E-state index contributed by atoms with van der Waals surface area (Å²) in [6, 6.07) is 6.80. The van der Waals surface area contributed by atoms with Crippen molar-refractivity contribution in [2.75, 3.05) is 18.8 Å². The highest BCUT2D eigenvalue weighted by Gasteiger charge is 2.12. The fraction of sp³-hybridized carbons (Fsp3) is 0.600. The second-order valence-electron chi connectivity index (χ2n) is 5.00. The van der Waals surface area contributed by atoms with Gasteiger partial charge in [0.1, 0.15) is 0 Å². The van der Waals surface area contributed by atoms with Gasteiger partial charge in [0.25, 0.3) is 0 Å². The zero-order chi connectivity index (χ0) is 12.1. The third-order valence-electron chi connectivity index (χ3n) is 3.52. The smallest absolute Gasteiger partial charge is 0.00713 e. The first-order valence-electron chi connectivity index (χ1n) is 6.64. The Morgan fingerprint density at radius 1 is 1.24 bits per heavy atom. The predicted octanol–water partition coefficient (Wildman–Crippen LogP) is 3.33. The minimum Gasteiger partial charge on any atom is -0.317 e. The molecule has 1 fully saturated rings. The van der Waals surface area contributed by atoms with E-state index in [0.29, 0.717) is 0 Å². The van der Waals surface area contributed by atoms with Crippen LogP contribution in [0.2, 0.25) is 0 Å². The van der Waals surface area contributed by atoms with Crippen molar-refractivity contribution in [3.8, 4) is 0 Å². The molecular weight excluding hydrogens is 226 g/mol. The Morgan fingerprint density at radius 3 is 2.76 bits per heavy atom. The molecule has 0 spiro atoms. The number of hydrogen-bond acceptors (Lipinski definition) is 2. The van der Waals surface area contributed by atoms with Crippen molar-refractivity contribution in [2.45, 2.75) is 38.4 Å². The molecule has 0 aliphatic carbocycles. The first-order chi connectivity index (χ1) is 8.25. The molecule has 2 rings (SSSR count). The lowest BCUT2D eigenvalue weighted by atomic mass is 10.0. The number of hydrogen-bond donors (Lipinski definition) is 1. The van der Waals surface area contributed by atoms with Crippen molar-refractivity contribution in [1.82, 2.24) is 5.32 Å². The van der Waals surface area contributed by atoms with Gasteiger partial charge in [-0.15, -0.1) is 0 Å². The fourth-order valence-corrected chi connectivity index (χ4v) is 3.61. The van der Waals surface area contributed by atoms with E-state index in [1.807, 2.05) is 0 Å². The Morgan fingerprint density at radius 2 is 2.00 bits per heavy atom. The maximum atomic E-state index is 3.43. The van der Waals surface area contributed by atoms with E-state index < -0.39 is 0 Å². The second-order valence-corrected chi connectivity index (χ2v) is 6.41. The van der Waals surface area contributed by atoms with Gasteiger partial charge in [0, 0.05) is 5.25 Å². The average Bonchev–Trinajstić information content (AvgIpc) is 2.35. The van der Waals surface area contributed by atoms with Crippen LogP contribution >= 0.6 is 11.8 Å². The quantitative estimate of drug-likeness (QED) is 0.878. The van der Waals surface area contributed by atoms with E-state index in [9.17, 15) is 0 Å². The lowest BCUT2D eigenvalue weighted by molar-refractivity contribution is 0.531. The van der Waals surface area contributed by atoms with E-state index >= 15 is 0 Å². The summed E-state index contributed by atoms with van der Waals surface area (Å²) < 4.78 is 0. The number of nitrogens with one attached hydrogen (secondary N) is 1. The molecule has 1 heterocycles. The number of thioether (sulfide) groups is 1. The molecule has 1 aliphatic rings. The van der Waals surface area contributed by atoms with E-state index in [2.05, 4.69) is 49.1 Å². The van der Waals surface area contributed by atoms with Gasteiger partial charge in [0.05, 0.1) is 0 Å². The molecule has 1 aliphatic heterocycles. The molecule has 2 heteroatoms. The Hall–Kier alpha value is -0.470. The van der Waals surface area contributed by atoms with Crippen LogP contribution in [0, 0.1) is 13.8 Å². The molecule has 1 saturated heterocycles. The first kappa shape index (κ1) is 13.0. The van der Waals surface area contributed by atoms with Crippen LogP contribution < -0.4 is 5.32 Å². The van der Waals surface area contributed by atoms with Crippen LogP contribution in [0.4, 0.5) is 0 Å². The molecule has 0 atom stereocenters. The van der Waals surface area contributed by atoms with Crippen LogP contribution in [0.5, 0.6) is 0 Å². The molecule has 94 valence electrons. The Labute approximate surface area is 109 Å². The summed E-state index contributed by atoms with van der Waals surface area (Å²) in [4.78, 5) is 0. The summed E-state index contributed by atoms with van der Waals surface area (Å²) in [5, 5.41) is 4.32. The number of aryl methyl sites for hydroxylation is 3. The third kappa shape index (κ3) is 4.04. The van der Waals surface area contributed by atoms with E-state index in [1.165, 1.54) is 54.8 Å². The molecule has 0 radical (unpaired) electrons. The van der Waals surface area contributed by atoms with Crippen LogP contribution in [0.25, 0.3) is 0 Å². The van der Waals surface area contributed by atoms with Gasteiger partial charge in [0.15, 0.2) is 0 Å². The van der Waals surface area contributed by atoms with Gasteiger partial charge in [-0.2, -0.15) is 11.8 Å². The third-order valence-corrected chi connectivity index (χ3v) is 4.90. The highest BCUT2D eigenvalue weighted by molar-refractivity contribution is 7.99. The molecule has 1 nitrogen and oxygen atoms in total. The van der Waals surface area contributed by atoms with E-state index in [4.69, 9.17) is 0 Å². The molecular formula is C15H23NS. The largest absolute Gasteiger partial charge is 0.317 e. The van der Waals surface area contributed by atoms with Gasteiger partial charge < -0.3 is 5.32 Å². The fourth-order valence-electron chi connectivity index (χ4n) is 2.37. The van der Waals surface area contributed by atoms with Gasteiger partial charge in [-0.1, -0.05) is 23.8 Å². The lowest BCUT2D eigenvalue weighted by Crippen LogP contribution is -2.29. The number of benzene rings is 1. The topological polar surface area (TPSA) is 12.0 Å². The van der Waals surface area contributed by atoms with Gasteiger partial charge >= 0.3 is 0 Å². The first-order valence-corrected chi connectivity index (χ1v) is 7.69. The van der Waals surface area contributed by atoms with E-state index in [0.717, 1.165) is 5.25 Å². The van der Waals surface area contributed by atoms with Gasteiger partial charge in [-0.3, -0.25) is 0 Å². The monoisotopic (exact) mass is 249 g/mol. The van der Waals surface area contributed by atoms with Crippen molar-refractivity contribution in [2.24, 2.45) is 0 Å². The normalized spacial score (nSPS) is 17.3. The maximum Gasteiger partial charge on any atom is 0.00713 e. The Kier molecular flexibility index (Phi) is 4.93. The van der Waals surface area contributed by atoms with Crippen molar-refractivity contribution in [3.63, 3.8) is 0 Å². The second kappa shape index (κ2) is 6.46. The summed E-state index contributed by atoms with van der Waals surface area (Å²) in [6.07, 6.45) is 3.91. The minimum atomic E-state index is 0.890.